The van der Waals surface area contributed by atoms with E-state index in [0.29, 0.717) is 18.8 Å². The quantitative estimate of drug-likeness (QED) is 0.126. The van der Waals surface area contributed by atoms with Crippen molar-refractivity contribution in [2.75, 3.05) is 52.7 Å². The van der Waals surface area contributed by atoms with Crippen molar-refractivity contribution in [3.05, 3.63) is 101 Å². The topological polar surface area (TPSA) is 179 Å². The van der Waals surface area contributed by atoms with Gasteiger partial charge in [-0.15, -0.1) is 0 Å². The van der Waals surface area contributed by atoms with Gasteiger partial charge in [0.25, 0.3) is 0 Å². The van der Waals surface area contributed by atoms with E-state index in [2.05, 4.69) is 15.5 Å². The summed E-state index contributed by atoms with van der Waals surface area (Å²) in [5.74, 6) is -0.370. The monoisotopic (exact) mass is 733 g/mol. The van der Waals surface area contributed by atoms with E-state index in [1.165, 1.54) is 0 Å². The molecule has 6 N–H and O–H groups in total. The molecule has 0 aromatic heterocycles. The Kier molecular flexibility index (Phi) is 13.7. The van der Waals surface area contributed by atoms with Gasteiger partial charge in [0.2, 0.25) is 5.91 Å². The lowest BCUT2D eigenvalue weighted by molar-refractivity contribution is -0.127. The van der Waals surface area contributed by atoms with Crippen LogP contribution in [0.4, 0.5) is 4.79 Å². The average molecular weight is 734 g/mol. The second-order valence-electron chi connectivity index (χ2n) is 14.0. The fourth-order valence-corrected chi connectivity index (χ4v) is 7.28. The van der Waals surface area contributed by atoms with Crippen molar-refractivity contribution in [2.24, 2.45) is 5.92 Å². The molecule has 0 unspecified atom stereocenters. The summed E-state index contributed by atoms with van der Waals surface area (Å²) in [5.41, 5.74) is 3.53. The van der Waals surface area contributed by atoms with E-state index in [0.717, 1.165) is 55.1 Å². The fourth-order valence-electron chi connectivity index (χ4n) is 7.28. The predicted octanol–water partition coefficient (Wildman–Crippen LogP) is 1.54. The predicted molar refractivity (Wildman–Crippen MR) is 194 cm³/mol. The van der Waals surface area contributed by atoms with Gasteiger partial charge >= 0.3 is 6.09 Å². The van der Waals surface area contributed by atoms with Gasteiger partial charge in [0.1, 0.15) is 24.6 Å². The van der Waals surface area contributed by atoms with E-state index >= 15 is 0 Å². The Balaban J connectivity index is 1.16. The Morgan fingerprint density at radius 1 is 0.925 bits per heavy atom. The Morgan fingerprint density at radius 2 is 1.64 bits per heavy atom. The molecule has 286 valence electrons. The van der Waals surface area contributed by atoms with Crippen LogP contribution in [0.1, 0.15) is 34.7 Å². The van der Waals surface area contributed by atoms with E-state index in [4.69, 9.17) is 18.9 Å². The first-order valence-electron chi connectivity index (χ1n) is 18.4. The third-order valence-electron chi connectivity index (χ3n) is 10.3. The summed E-state index contributed by atoms with van der Waals surface area (Å²) in [6.07, 6.45) is -5.00. The van der Waals surface area contributed by atoms with Crippen molar-refractivity contribution in [2.45, 2.75) is 68.3 Å². The molecule has 2 saturated heterocycles. The minimum Gasteiger partial charge on any atom is -0.492 e. The summed E-state index contributed by atoms with van der Waals surface area (Å²) in [6, 6.07) is 23.0. The van der Waals surface area contributed by atoms with E-state index in [1.807, 2.05) is 78.9 Å². The first kappa shape index (κ1) is 38.6. The van der Waals surface area contributed by atoms with E-state index in [1.54, 1.807) is 0 Å². The van der Waals surface area contributed by atoms with Crippen LogP contribution in [0.15, 0.2) is 78.9 Å². The molecule has 0 radical (unpaired) electrons. The summed E-state index contributed by atoms with van der Waals surface area (Å²) in [6.45, 7) is 4.05. The Morgan fingerprint density at radius 3 is 2.38 bits per heavy atom. The minimum absolute atomic E-state index is 0.0202. The molecule has 53 heavy (non-hydrogen) atoms. The van der Waals surface area contributed by atoms with Crippen LogP contribution in [0, 0.1) is 5.92 Å². The number of carbonyl (C=O) groups is 2. The molecule has 8 atom stereocenters. The first-order valence-corrected chi connectivity index (χ1v) is 18.4. The molecule has 2 amide bonds. The lowest BCUT2D eigenvalue weighted by atomic mass is 9.88. The van der Waals surface area contributed by atoms with Gasteiger partial charge in [0.05, 0.1) is 50.7 Å². The number of fused-ring (bicyclic) bond motifs is 1. The highest BCUT2D eigenvalue weighted by Crippen LogP contribution is 2.32. The zero-order chi connectivity index (χ0) is 37.2. The fraction of sp³-hybridized carbons (Fsp3) is 0.500. The first-order chi connectivity index (χ1) is 25.8. The Labute approximate surface area is 309 Å². The highest BCUT2D eigenvalue weighted by atomic mass is 16.6. The molecule has 2 heterocycles. The van der Waals surface area contributed by atoms with Crippen LogP contribution in [-0.2, 0) is 38.3 Å². The number of morpholine rings is 1. The molecule has 0 saturated carbocycles. The molecule has 3 aromatic carbocycles. The molecular formula is C40H51N3O10. The summed E-state index contributed by atoms with van der Waals surface area (Å²) < 4.78 is 22.2. The second kappa shape index (κ2) is 18.8. The van der Waals surface area contributed by atoms with Crippen LogP contribution in [0.2, 0.25) is 0 Å². The molecule has 3 aliphatic rings. The van der Waals surface area contributed by atoms with Gasteiger partial charge < -0.3 is 50.0 Å². The van der Waals surface area contributed by atoms with Crippen molar-refractivity contribution < 1.29 is 49.0 Å². The van der Waals surface area contributed by atoms with Crippen molar-refractivity contribution in [1.29, 1.82) is 0 Å². The lowest BCUT2D eigenvalue weighted by Gasteiger charge is -2.29. The normalized spacial score (nSPS) is 24.5. The third-order valence-corrected chi connectivity index (χ3v) is 10.3. The van der Waals surface area contributed by atoms with Gasteiger partial charge in [-0.25, -0.2) is 4.79 Å². The standard InChI is InChI=1S/C40H51N3O10/c44-24-35-38(47)36(25-52-35)53-40(49)41-32(21-26-6-2-1-3-7-26)33(45)23-29(39(48)42-37-31-9-5-4-8-28(31)22-34(37)46)20-27-10-12-30(13-11-27)51-19-16-43-14-17-50-18-15-43/h1-13,29,32-38,44-47H,14-25H2,(H,41,49)(H,42,48)/t29-,32+,33+,34-,35+,36-,37+,38+/m1/s1. The zero-order valence-electron chi connectivity index (χ0n) is 29.8. The number of nitrogens with one attached hydrogen (secondary N) is 2. The van der Waals surface area contributed by atoms with Gasteiger partial charge in [0, 0.05) is 32.0 Å². The number of alkyl carbamates (subject to hydrolysis) is 1. The SMILES string of the molecule is O=C(N[C@@H](Cc1ccccc1)[C@@H](O)C[C@@H](Cc1ccc(OCCN2CCOCC2)cc1)C(=O)N[C@H]1c2ccccc2C[C@H]1O)O[C@@H]1CO[C@@H](CO)[C@@H]1O. The molecule has 0 bridgehead atoms. The molecule has 2 fully saturated rings. The van der Waals surface area contributed by atoms with Crippen LogP contribution in [0.3, 0.4) is 0 Å². The number of amides is 2. The van der Waals surface area contributed by atoms with Gasteiger partial charge in [-0.05, 0) is 53.6 Å². The third kappa shape index (κ3) is 10.5. The van der Waals surface area contributed by atoms with Crippen molar-refractivity contribution in [3.63, 3.8) is 0 Å². The van der Waals surface area contributed by atoms with Crippen LogP contribution in [0.5, 0.6) is 5.75 Å². The number of hydrogen-bond acceptors (Lipinski definition) is 11. The van der Waals surface area contributed by atoms with Crippen LogP contribution >= 0.6 is 0 Å². The largest absolute Gasteiger partial charge is 0.492 e. The van der Waals surface area contributed by atoms with Crippen LogP contribution in [-0.4, -0.2) is 127 Å². The maximum Gasteiger partial charge on any atom is 0.407 e. The highest BCUT2D eigenvalue weighted by molar-refractivity contribution is 5.80. The van der Waals surface area contributed by atoms with Crippen molar-refractivity contribution >= 4 is 12.0 Å². The minimum atomic E-state index is -1.20. The second-order valence-corrected chi connectivity index (χ2v) is 14.0. The van der Waals surface area contributed by atoms with Gasteiger partial charge in [-0.2, -0.15) is 0 Å². The van der Waals surface area contributed by atoms with Crippen molar-refractivity contribution in [3.8, 4) is 5.75 Å². The smallest absolute Gasteiger partial charge is 0.407 e. The number of ether oxygens (including phenoxy) is 4. The van der Waals surface area contributed by atoms with Crippen LogP contribution < -0.4 is 15.4 Å². The number of hydrogen-bond donors (Lipinski definition) is 6. The van der Waals surface area contributed by atoms with Crippen LogP contribution in [0.25, 0.3) is 0 Å². The number of aliphatic hydroxyl groups is 4. The van der Waals surface area contributed by atoms with Crippen molar-refractivity contribution in [1.82, 2.24) is 15.5 Å². The Bertz CT molecular complexity index is 1610. The number of rotatable bonds is 16. The summed E-state index contributed by atoms with van der Waals surface area (Å²) in [5, 5.41) is 48.3. The molecule has 2 aliphatic heterocycles. The molecule has 0 spiro atoms. The highest BCUT2D eigenvalue weighted by Gasteiger charge is 2.39. The van der Waals surface area contributed by atoms with E-state index in [-0.39, 0.29) is 31.8 Å². The van der Waals surface area contributed by atoms with Gasteiger partial charge in [0.15, 0.2) is 6.10 Å². The van der Waals surface area contributed by atoms with Gasteiger partial charge in [-0.3, -0.25) is 9.69 Å². The molecule has 6 rings (SSSR count). The molecule has 1 aliphatic carbocycles. The molecule has 13 heteroatoms. The average Bonchev–Trinajstić information content (AvgIpc) is 3.69. The number of carbonyl (C=O) groups excluding carboxylic acids is 2. The van der Waals surface area contributed by atoms with E-state index in [9.17, 15) is 30.0 Å². The molecular weight excluding hydrogens is 682 g/mol. The molecule has 3 aromatic rings. The maximum atomic E-state index is 14.1. The van der Waals surface area contributed by atoms with E-state index < -0.39 is 61.2 Å². The van der Waals surface area contributed by atoms with Gasteiger partial charge in [-0.1, -0.05) is 66.7 Å². The number of benzene rings is 3. The summed E-state index contributed by atoms with van der Waals surface area (Å²) >= 11 is 0. The number of nitrogens with zero attached hydrogens (tertiary/aromatic N) is 1. The summed E-state index contributed by atoms with van der Waals surface area (Å²) in [4.78, 5) is 29.6. The maximum absolute atomic E-state index is 14.1. The zero-order valence-corrected chi connectivity index (χ0v) is 29.8. The lowest BCUT2D eigenvalue weighted by Crippen LogP contribution is -2.49. The Hall–Kier alpha value is -4.08. The summed E-state index contributed by atoms with van der Waals surface area (Å²) in [7, 11) is 0. The molecule has 13 nitrogen and oxygen atoms in total. The number of aliphatic hydroxyl groups excluding tert-OH is 4.